The number of esters is 1. The summed E-state index contributed by atoms with van der Waals surface area (Å²) in [6.45, 7) is 13.9. The number of ether oxygens (including phenoxy) is 1. The Morgan fingerprint density at radius 1 is 0.964 bits per heavy atom. The Hall–Kier alpha value is -4.22. The standard InChI is InChI=1S/C37H51F2N3O5SSi.C2HF3O2/c1-37(2,3)35(32-20-27(29-21-28(38)15-16-30(29)39)23-41(32)22-26-12-8-7-9-13-26)42(33(43)25-48-24-31(40)36(45)46)17-11-10-14-34(44)47-18-19-49(4,5)6;3-2(4,5)1(6)7/h7-9,12-13,15-16,20-21,23,31,35H,10-11,14,17-19,22,24-25,40H2,1-6H3,(H,45,46);(H,6,7)/t31-,35-;/m0./s1. The van der Waals surface area contributed by atoms with Gasteiger partial charge in [-0.3, -0.25) is 14.4 Å². The topological polar surface area (TPSA) is 152 Å². The Kier molecular flexibility index (Phi) is 18.3. The van der Waals surface area contributed by atoms with Gasteiger partial charge in [0.15, 0.2) is 0 Å². The molecule has 310 valence electrons. The van der Waals surface area contributed by atoms with E-state index >= 15 is 4.39 Å². The van der Waals surface area contributed by atoms with Crippen LogP contribution in [0, 0.1) is 17.0 Å². The van der Waals surface area contributed by atoms with Crippen LogP contribution in [0.3, 0.4) is 0 Å². The number of nitrogens with two attached hydrogens (primary N) is 1. The Balaban J connectivity index is 0.00000141. The minimum absolute atomic E-state index is 0.00291. The number of halogens is 5. The summed E-state index contributed by atoms with van der Waals surface area (Å²) in [5.41, 5.74) is 7.50. The van der Waals surface area contributed by atoms with Crippen LogP contribution < -0.4 is 5.73 Å². The van der Waals surface area contributed by atoms with Crippen LogP contribution in [-0.4, -0.2) is 88.4 Å². The number of thioether (sulfide) groups is 1. The SMILES string of the molecule is CC(C)(C)[C@H](c1cc(-c2cc(F)ccc2F)cn1Cc1ccccc1)N(CCCCC(=O)OCC[Si](C)(C)C)C(=O)CSC[C@H](N)C(=O)O.O=C(O)C(F)(F)F. The van der Waals surface area contributed by atoms with Crippen molar-refractivity contribution in [3.8, 4) is 11.1 Å². The number of hydrogen-bond acceptors (Lipinski definition) is 7. The molecule has 10 nitrogen and oxygen atoms in total. The van der Waals surface area contributed by atoms with Crippen molar-refractivity contribution >= 4 is 43.7 Å². The molecule has 17 heteroatoms. The number of benzene rings is 2. The summed E-state index contributed by atoms with van der Waals surface area (Å²) in [5.74, 6) is -5.44. The van der Waals surface area contributed by atoms with Crippen molar-refractivity contribution in [2.75, 3.05) is 24.7 Å². The van der Waals surface area contributed by atoms with Gasteiger partial charge in [0, 0.05) is 56.4 Å². The lowest BCUT2D eigenvalue weighted by Gasteiger charge is -2.41. The average molecular weight is 830 g/mol. The van der Waals surface area contributed by atoms with E-state index in [-0.39, 0.29) is 35.4 Å². The van der Waals surface area contributed by atoms with Gasteiger partial charge in [-0.15, -0.1) is 11.8 Å². The number of carbonyl (C=O) groups excluding carboxylic acids is 2. The summed E-state index contributed by atoms with van der Waals surface area (Å²) in [5, 5.41) is 16.4. The number of nitrogens with zero attached hydrogens (tertiary/aromatic N) is 2. The largest absolute Gasteiger partial charge is 0.490 e. The van der Waals surface area contributed by atoms with Crippen molar-refractivity contribution in [3.05, 3.63) is 83.7 Å². The van der Waals surface area contributed by atoms with Crippen molar-refractivity contribution in [1.82, 2.24) is 9.47 Å². The van der Waals surface area contributed by atoms with Gasteiger partial charge in [0.05, 0.1) is 18.4 Å². The fraction of sp³-hybridized carbons (Fsp3) is 0.487. The van der Waals surface area contributed by atoms with Gasteiger partial charge in [-0.2, -0.15) is 13.2 Å². The third-order valence-corrected chi connectivity index (χ3v) is 11.1. The first-order valence-electron chi connectivity index (χ1n) is 17.9. The maximum atomic E-state index is 15.1. The second-order valence-corrected chi connectivity index (χ2v) is 22.1. The second kappa shape index (κ2) is 21.3. The predicted octanol–water partition coefficient (Wildman–Crippen LogP) is 8.23. The Labute approximate surface area is 329 Å². The molecule has 0 aliphatic carbocycles. The maximum Gasteiger partial charge on any atom is 0.490 e. The molecule has 2 atom stereocenters. The number of carboxylic acid groups (broad SMARTS) is 2. The van der Waals surface area contributed by atoms with E-state index < -0.39 is 55.3 Å². The second-order valence-electron chi connectivity index (χ2n) is 15.5. The molecule has 56 heavy (non-hydrogen) atoms. The van der Waals surface area contributed by atoms with Gasteiger partial charge < -0.3 is 30.2 Å². The van der Waals surface area contributed by atoms with Crippen molar-refractivity contribution < 1.29 is 56.1 Å². The van der Waals surface area contributed by atoms with Gasteiger partial charge in [-0.25, -0.2) is 13.6 Å². The summed E-state index contributed by atoms with van der Waals surface area (Å²) in [4.78, 5) is 48.5. The number of rotatable bonds is 18. The fourth-order valence-corrected chi connectivity index (χ4v) is 7.10. The van der Waals surface area contributed by atoms with Crippen LogP contribution >= 0.6 is 11.8 Å². The van der Waals surface area contributed by atoms with E-state index in [9.17, 15) is 37.1 Å². The number of carboxylic acids is 2. The molecule has 1 amide bonds. The minimum atomic E-state index is -5.08. The van der Waals surface area contributed by atoms with Crippen molar-refractivity contribution in [1.29, 1.82) is 0 Å². The monoisotopic (exact) mass is 829 g/mol. The molecule has 0 aliphatic heterocycles. The zero-order valence-corrected chi connectivity index (χ0v) is 34.3. The smallest absolute Gasteiger partial charge is 0.480 e. The lowest BCUT2D eigenvalue weighted by molar-refractivity contribution is -0.192. The van der Waals surface area contributed by atoms with E-state index in [0.29, 0.717) is 38.1 Å². The molecule has 0 saturated heterocycles. The van der Waals surface area contributed by atoms with E-state index in [1.54, 1.807) is 11.1 Å². The molecule has 0 unspecified atom stereocenters. The van der Waals surface area contributed by atoms with Crippen LogP contribution in [0.2, 0.25) is 25.7 Å². The lowest BCUT2D eigenvalue weighted by atomic mass is 9.83. The Morgan fingerprint density at radius 2 is 1.59 bits per heavy atom. The van der Waals surface area contributed by atoms with E-state index in [4.69, 9.17) is 20.4 Å². The molecule has 0 radical (unpaired) electrons. The van der Waals surface area contributed by atoms with Gasteiger partial charge in [0.2, 0.25) is 5.91 Å². The van der Waals surface area contributed by atoms with E-state index in [1.807, 2.05) is 61.7 Å². The van der Waals surface area contributed by atoms with Gasteiger partial charge >= 0.3 is 24.1 Å². The Morgan fingerprint density at radius 3 is 2.14 bits per heavy atom. The number of alkyl halides is 3. The fourth-order valence-electron chi connectivity index (χ4n) is 5.53. The third-order valence-electron chi connectivity index (χ3n) is 8.33. The molecular weight excluding hydrogens is 778 g/mol. The minimum Gasteiger partial charge on any atom is -0.480 e. The average Bonchev–Trinajstić information content (AvgIpc) is 3.48. The number of aliphatic carboxylic acids is 2. The highest BCUT2D eigenvalue weighted by molar-refractivity contribution is 8.00. The van der Waals surface area contributed by atoms with E-state index in [2.05, 4.69) is 19.6 Å². The lowest BCUT2D eigenvalue weighted by Crippen LogP contribution is -2.44. The normalized spacial score (nSPS) is 12.9. The molecule has 0 bridgehead atoms. The first kappa shape index (κ1) is 47.9. The van der Waals surface area contributed by atoms with Crippen LogP contribution in [0.4, 0.5) is 22.0 Å². The highest BCUT2D eigenvalue weighted by Gasteiger charge is 2.39. The number of amides is 1. The highest BCUT2D eigenvalue weighted by atomic mass is 32.2. The predicted molar refractivity (Wildman–Crippen MR) is 209 cm³/mol. The quantitative estimate of drug-likeness (QED) is 0.0499. The maximum absolute atomic E-state index is 15.1. The van der Waals surface area contributed by atoms with Crippen LogP contribution in [0.1, 0.15) is 57.3 Å². The molecule has 4 N–H and O–H groups in total. The van der Waals surface area contributed by atoms with Crippen LogP contribution in [0.25, 0.3) is 11.1 Å². The summed E-state index contributed by atoms with van der Waals surface area (Å²) >= 11 is 1.15. The summed E-state index contributed by atoms with van der Waals surface area (Å²) < 4.78 is 68.6. The molecule has 0 aliphatic rings. The van der Waals surface area contributed by atoms with Gasteiger partial charge in [-0.1, -0.05) is 70.7 Å². The molecule has 1 aromatic heterocycles. The summed E-state index contributed by atoms with van der Waals surface area (Å²) in [6, 6.07) is 14.2. The van der Waals surface area contributed by atoms with Gasteiger partial charge in [-0.05, 0) is 54.1 Å². The van der Waals surface area contributed by atoms with Crippen molar-refractivity contribution in [2.24, 2.45) is 11.1 Å². The van der Waals surface area contributed by atoms with Crippen molar-refractivity contribution in [3.63, 3.8) is 0 Å². The molecular formula is C39H52F5N3O7SSi. The number of carbonyl (C=O) groups is 4. The molecule has 0 spiro atoms. The third kappa shape index (κ3) is 16.5. The van der Waals surface area contributed by atoms with Gasteiger partial charge in [0.25, 0.3) is 0 Å². The van der Waals surface area contributed by atoms with Crippen LogP contribution in [0.15, 0.2) is 60.8 Å². The zero-order valence-electron chi connectivity index (χ0n) is 32.5. The van der Waals surface area contributed by atoms with Crippen LogP contribution in [-0.2, 0) is 30.5 Å². The first-order valence-corrected chi connectivity index (χ1v) is 22.8. The summed E-state index contributed by atoms with van der Waals surface area (Å²) in [6.07, 6.45) is -2.04. The number of hydrogen-bond donors (Lipinski definition) is 3. The zero-order chi connectivity index (χ0) is 42.4. The molecule has 3 aromatic rings. The van der Waals surface area contributed by atoms with Crippen LogP contribution in [0.5, 0.6) is 0 Å². The van der Waals surface area contributed by atoms with Crippen molar-refractivity contribution in [2.45, 2.75) is 90.5 Å². The van der Waals surface area contributed by atoms with E-state index in [1.165, 1.54) is 6.07 Å². The first-order chi connectivity index (χ1) is 25.9. The molecule has 0 saturated carbocycles. The van der Waals surface area contributed by atoms with Gasteiger partial charge in [0.1, 0.15) is 17.7 Å². The highest BCUT2D eigenvalue weighted by Crippen LogP contribution is 2.41. The molecule has 3 rings (SSSR count). The summed E-state index contributed by atoms with van der Waals surface area (Å²) in [7, 11) is -1.34. The molecule has 2 aromatic carbocycles. The number of unbranched alkanes of at least 4 members (excludes halogenated alkanes) is 1. The molecule has 1 heterocycles. The van der Waals surface area contributed by atoms with E-state index in [0.717, 1.165) is 41.2 Å². The molecule has 0 fully saturated rings. The number of aromatic nitrogens is 1. The Bertz CT molecular complexity index is 1760.